The maximum atomic E-state index is 10.9. The van der Waals surface area contributed by atoms with Crippen LogP contribution in [0.4, 0.5) is 0 Å². The number of hydrogen-bond acceptors (Lipinski definition) is 2. The van der Waals surface area contributed by atoms with Crippen molar-refractivity contribution in [2.75, 3.05) is 0 Å². The van der Waals surface area contributed by atoms with Gasteiger partial charge in [-0.25, -0.2) is 0 Å². The van der Waals surface area contributed by atoms with Crippen molar-refractivity contribution in [3.8, 4) is 5.75 Å². The van der Waals surface area contributed by atoms with Crippen LogP contribution >= 0.6 is 15.9 Å². The summed E-state index contributed by atoms with van der Waals surface area (Å²) in [7, 11) is 0. The number of halogens is 1. The van der Waals surface area contributed by atoms with E-state index in [1.165, 1.54) is 0 Å². The summed E-state index contributed by atoms with van der Waals surface area (Å²) < 4.78 is 6.68. The SMILES string of the molecule is C=CCc1cc(C=O)cc(Br)c1OCc1ccccc1. The van der Waals surface area contributed by atoms with Gasteiger partial charge in [-0.2, -0.15) is 0 Å². The van der Waals surface area contributed by atoms with Crippen molar-refractivity contribution >= 4 is 22.2 Å². The molecule has 2 aromatic rings. The summed E-state index contributed by atoms with van der Waals surface area (Å²) in [5.74, 6) is 0.763. The zero-order valence-corrected chi connectivity index (χ0v) is 12.6. The fraction of sp³-hybridized carbons (Fsp3) is 0.118. The molecule has 0 atom stereocenters. The number of benzene rings is 2. The van der Waals surface area contributed by atoms with Gasteiger partial charge < -0.3 is 4.74 Å². The largest absolute Gasteiger partial charge is 0.487 e. The van der Waals surface area contributed by atoms with Crippen LogP contribution in [0.5, 0.6) is 5.75 Å². The second-order valence-electron chi connectivity index (χ2n) is 4.38. The highest BCUT2D eigenvalue weighted by atomic mass is 79.9. The fourth-order valence-corrected chi connectivity index (χ4v) is 2.57. The minimum absolute atomic E-state index is 0.490. The minimum atomic E-state index is 0.490. The van der Waals surface area contributed by atoms with Crippen molar-refractivity contribution in [1.29, 1.82) is 0 Å². The summed E-state index contributed by atoms with van der Waals surface area (Å²) in [6, 6.07) is 13.6. The normalized spacial score (nSPS) is 10.1. The van der Waals surface area contributed by atoms with Gasteiger partial charge in [0, 0.05) is 5.56 Å². The first-order valence-electron chi connectivity index (χ1n) is 6.30. The molecule has 0 aliphatic heterocycles. The van der Waals surface area contributed by atoms with Gasteiger partial charge >= 0.3 is 0 Å². The van der Waals surface area contributed by atoms with Crippen molar-refractivity contribution in [2.45, 2.75) is 13.0 Å². The van der Waals surface area contributed by atoms with Crippen molar-refractivity contribution in [2.24, 2.45) is 0 Å². The number of ether oxygens (including phenoxy) is 1. The van der Waals surface area contributed by atoms with E-state index in [0.29, 0.717) is 18.6 Å². The van der Waals surface area contributed by atoms with E-state index < -0.39 is 0 Å². The Balaban J connectivity index is 2.25. The zero-order chi connectivity index (χ0) is 14.4. The van der Waals surface area contributed by atoms with Gasteiger partial charge in [0.15, 0.2) is 0 Å². The Morgan fingerprint density at radius 1 is 1.20 bits per heavy atom. The Bertz CT molecular complexity index is 606. The Morgan fingerprint density at radius 3 is 2.60 bits per heavy atom. The van der Waals surface area contributed by atoms with Crippen LogP contribution in [-0.2, 0) is 13.0 Å². The van der Waals surface area contributed by atoms with Crippen molar-refractivity contribution in [3.05, 3.63) is 76.3 Å². The Hall–Kier alpha value is -1.87. The van der Waals surface area contributed by atoms with E-state index in [-0.39, 0.29) is 0 Å². The van der Waals surface area contributed by atoms with Crippen LogP contribution in [0.1, 0.15) is 21.5 Å². The highest BCUT2D eigenvalue weighted by Crippen LogP contribution is 2.31. The van der Waals surface area contributed by atoms with E-state index in [9.17, 15) is 4.79 Å². The van der Waals surface area contributed by atoms with Crippen molar-refractivity contribution in [1.82, 2.24) is 0 Å². The molecule has 0 aliphatic carbocycles. The lowest BCUT2D eigenvalue weighted by molar-refractivity contribution is 0.112. The third kappa shape index (κ3) is 3.58. The van der Waals surface area contributed by atoms with Gasteiger partial charge in [0.05, 0.1) is 4.47 Å². The lowest BCUT2D eigenvalue weighted by Crippen LogP contribution is -2.00. The summed E-state index contributed by atoms with van der Waals surface area (Å²) in [6.45, 7) is 4.23. The van der Waals surface area contributed by atoms with E-state index in [1.54, 1.807) is 12.1 Å². The van der Waals surface area contributed by atoms with Crippen LogP contribution in [0.3, 0.4) is 0 Å². The Kier molecular flexibility index (Phi) is 5.13. The molecule has 0 fully saturated rings. The Morgan fingerprint density at radius 2 is 1.95 bits per heavy atom. The number of carbonyl (C=O) groups excluding carboxylic acids is 1. The molecule has 3 heteroatoms. The lowest BCUT2D eigenvalue weighted by atomic mass is 10.1. The molecule has 0 saturated heterocycles. The van der Waals surface area contributed by atoms with E-state index in [4.69, 9.17) is 4.74 Å². The number of allylic oxidation sites excluding steroid dienone is 1. The third-order valence-electron chi connectivity index (χ3n) is 2.87. The van der Waals surface area contributed by atoms with Crippen molar-refractivity contribution < 1.29 is 9.53 Å². The summed E-state index contributed by atoms with van der Waals surface area (Å²) in [6.07, 6.45) is 3.29. The number of carbonyl (C=O) groups is 1. The number of rotatable bonds is 6. The fourth-order valence-electron chi connectivity index (χ4n) is 1.94. The molecule has 0 heterocycles. The number of aldehydes is 1. The summed E-state index contributed by atoms with van der Waals surface area (Å²) in [4.78, 5) is 10.9. The molecular weight excluding hydrogens is 316 g/mol. The molecule has 0 spiro atoms. The first-order chi connectivity index (χ1) is 9.74. The monoisotopic (exact) mass is 330 g/mol. The van der Waals surface area contributed by atoms with Gasteiger partial charge in [-0.3, -0.25) is 4.79 Å². The van der Waals surface area contributed by atoms with Gasteiger partial charge in [-0.1, -0.05) is 36.4 Å². The van der Waals surface area contributed by atoms with Crippen molar-refractivity contribution in [3.63, 3.8) is 0 Å². The minimum Gasteiger partial charge on any atom is -0.487 e. The molecule has 20 heavy (non-hydrogen) atoms. The van der Waals surface area contributed by atoms with Crippen LogP contribution < -0.4 is 4.74 Å². The topological polar surface area (TPSA) is 26.3 Å². The standard InChI is InChI=1S/C17H15BrO2/c1-2-6-15-9-14(11-19)10-16(18)17(15)20-12-13-7-4-3-5-8-13/h2-5,7-11H,1,6,12H2. The molecule has 0 aromatic heterocycles. The molecule has 102 valence electrons. The van der Waals surface area contributed by atoms with E-state index in [1.807, 2.05) is 36.4 Å². The van der Waals surface area contributed by atoms with Crippen LogP contribution in [0, 0.1) is 0 Å². The highest BCUT2D eigenvalue weighted by molar-refractivity contribution is 9.10. The molecular formula is C17H15BrO2. The molecule has 0 amide bonds. The second-order valence-corrected chi connectivity index (χ2v) is 5.23. The first-order valence-corrected chi connectivity index (χ1v) is 7.09. The van der Waals surface area contributed by atoms with Gasteiger partial charge in [0.25, 0.3) is 0 Å². The molecule has 2 rings (SSSR count). The second kappa shape index (κ2) is 7.06. The third-order valence-corrected chi connectivity index (χ3v) is 3.46. The zero-order valence-electron chi connectivity index (χ0n) is 11.0. The summed E-state index contributed by atoms with van der Waals surface area (Å²) in [5.41, 5.74) is 2.68. The molecule has 0 bridgehead atoms. The van der Waals surface area contributed by atoms with Crippen LogP contribution in [0.15, 0.2) is 59.6 Å². The van der Waals surface area contributed by atoms with E-state index in [0.717, 1.165) is 27.6 Å². The lowest BCUT2D eigenvalue weighted by Gasteiger charge is -2.13. The summed E-state index contributed by atoms with van der Waals surface area (Å²) in [5, 5.41) is 0. The van der Waals surface area contributed by atoms with E-state index >= 15 is 0 Å². The molecule has 0 radical (unpaired) electrons. The molecule has 0 unspecified atom stereocenters. The predicted octanol–water partition coefficient (Wildman–Crippen LogP) is 4.57. The molecule has 2 nitrogen and oxygen atoms in total. The first kappa shape index (κ1) is 14.5. The Labute approximate surface area is 127 Å². The average Bonchev–Trinajstić information content (AvgIpc) is 2.47. The molecule has 0 saturated carbocycles. The predicted molar refractivity (Wildman–Crippen MR) is 84.2 cm³/mol. The summed E-state index contributed by atoms with van der Waals surface area (Å²) >= 11 is 3.46. The van der Waals surface area contributed by atoms with Crippen LogP contribution in [0.25, 0.3) is 0 Å². The van der Waals surface area contributed by atoms with Gasteiger partial charge in [-0.15, -0.1) is 6.58 Å². The highest BCUT2D eigenvalue weighted by Gasteiger charge is 2.10. The maximum Gasteiger partial charge on any atom is 0.150 e. The average molecular weight is 331 g/mol. The van der Waals surface area contributed by atoms with Gasteiger partial charge in [-0.05, 0) is 45.6 Å². The smallest absolute Gasteiger partial charge is 0.150 e. The number of hydrogen-bond donors (Lipinski definition) is 0. The quantitative estimate of drug-likeness (QED) is 0.572. The molecule has 0 N–H and O–H groups in total. The molecule has 0 aliphatic rings. The van der Waals surface area contributed by atoms with Crippen LogP contribution in [-0.4, -0.2) is 6.29 Å². The van der Waals surface area contributed by atoms with E-state index in [2.05, 4.69) is 22.5 Å². The van der Waals surface area contributed by atoms with Gasteiger partial charge in [0.1, 0.15) is 18.6 Å². The van der Waals surface area contributed by atoms with Crippen LogP contribution in [0.2, 0.25) is 0 Å². The van der Waals surface area contributed by atoms with Gasteiger partial charge in [0.2, 0.25) is 0 Å². The maximum absolute atomic E-state index is 10.9. The molecule has 2 aromatic carbocycles.